The number of hydrogen-bond acceptors (Lipinski definition) is 5. The van der Waals surface area contributed by atoms with E-state index in [4.69, 9.17) is 4.52 Å². The van der Waals surface area contributed by atoms with Crippen molar-refractivity contribution in [2.45, 2.75) is 18.9 Å². The number of amides is 2. The summed E-state index contributed by atoms with van der Waals surface area (Å²) in [6.45, 7) is 0.220. The molecule has 1 fully saturated rings. The molecule has 0 radical (unpaired) electrons. The van der Waals surface area contributed by atoms with Crippen molar-refractivity contribution in [3.05, 3.63) is 77.4 Å². The van der Waals surface area contributed by atoms with Crippen molar-refractivity contribution in [1.82, 2.24) is 15.5 Å². The lowest BCUT2D eigenvalue weighted by Gasteiger charge is -2.16. The van der Waals surface area contributed by atoms with Gasteiger partial charge >= 0.3 is 0 Å². The van der Waals surface area contributed by atoms with E-state index in [1.54, 1.807) is 24.3 Å². The Morgan fingerprint density at radius 3 is 2.62 bits per heavy atom. The van der Waals surface area contributed by atoms with E-state index in [1.165, 1.54) is 4.90 Å². The fourth-order valence-corrected chi connectivity index (χ4v) is 3.18. The van der Waals surface area contributed by atoms with Gasteiger partial charge in [-0.3, -0.25) is 9.59 Å². The first kappa shape index (κ1) is 18.7. The molecule has 148 valence electrons. The molecule has 0 spiro atoms. The molecule has 3 aromatic rings. The molecule has 2 aromatic carbocycles. The average molecular weight is 398 g/mol. The number of nitrogens with one attached hydrogen (secondary N) is 1. The number of aromatic nitrogens is 2. The maximum atomic E-state index is 13.5. The highest BCUT2D eigenvalue weighted by Crippen LogP contribution is 2.31. The van der Waals surface area contributed by atoms with Crippen molar-refractivity contribution in [2.24, 2.45) is 0 Å². The van der Waals surface area contributed by atoms with Crippen LogP contribution in [0.1, 0.15) is 34.4 Å². The minimum absolute atomic E-state index is 0.0419. The van der Waals surface area contributed by atoms with Gasteiger partial charge in [-0.1, -0.05) is 23.4 Å². The zero-order chi connectivity index (χ0) is 20.4. The minimum Gasteiger partial charge on any atom is -0.343 e. The van der Waals surface area contributed by atoms with Gasteiger partial charge in [0.2, 0.25) is 11.8 Å². The molecule has 1 unspecified atom stereocenters. The van der Waals surface area contributed by atoms with Gasteiger partial charge < -0.3 is 14.7 Å². The van der Waals surface area contributed by atoms with Crippen LogP contribution in [0.15, 0.2) is 53.1 Å². The first-order chi connectivity index (χ1) is 14.0. The summed E-state index contributed by atoms with van der Waals surface area (Å²) in [5.74, 6) is -1.95. The van der Waals surface area contributed by atoms with Crippen LogP contribution in [-0.4, -0.2) is 28.5 Å². The van der Waals surface area contributed by atoms with Crippen LogP contribution in [0.4, 0.5) is 14.5 Å². The highest BCUT2D eigenvalue weighted by molar-refractivity contribution is 5.96. The van der Waals surface area contributed by atoms with Crippen LogP contribution in [0, 0.1) is 11.6 Å². The van der Waals surface area contributed by atoms with E-state index < -0.39 is 11.6 Å². The van der Waals surface area contributed by atoms with Crippen molar-refractivity contribution in [2.75, 3.05) is 11.4 Å². The van der Waals surface area contributed by atoms with Crippen LogP contribution in [0.2, 0.25) is 0 Å². The Kier molecular flexibility index (Phi) is 5.03. The molecular formula is C20H16F2N4O3. The summed E-state index contributed by atoms with van der Waals surface area (Å²) in [5.41, 5.74) is 0.653. The summed E-state index contributed by atoms with van der Waals surface area (Å²) in [6, 6.07) is 11.6. The van der Waals surface area contributed by atoms with E-state index in [-0.39, 0.29) is 48.8 Å². The van der Waals surface area contributed by atoms with Gasteiger partial charge in [0.1, 0.15) is 11.6 Å². The monoisotopic (exact) mass is 398 g/mol. The summed E-state index contributed by atoms with van der Waals surface area (Å²) >= 11 is 0. The number of hydrogen-bond donors (Lipinski definition) is 1. The number of nitrogens with zero attached hydrogens (tertiary/aromatic N) is 3. The number of benzene rings is 2. The topological polar surface area (TPSA) is 88.3 Å². The van der Waals surface area contributed by atoms with Crippen molar-refractivity contribution in [3.8, 4) is 0 Å². The summed E-state index contributed by atoms with van der Waals surface area (Å²) in [6.07, 6.45) is 0.0908. The molecule has 1 saturated heterocycles. The van der Waals surface area contributed by atoms with Gasteiger partial charge in [-0.2, -0.15) is 4.98 Å². The number of anilines is 1. The fraction of sp³-hybridized carbons (Fsp3) is 0.200. The van der Waals surface area contributed by atoms with Gasteiger partial charge in [0.25, 0.3) is 5.91 Å². The molecule has 0 aliphatic carbocycles. The largest absolute Gasteiger partial charge is 0.343 e. The molecular weight excluding hydrogens is 382 g/mol. The average Bonchev–Trinajstić information content (AvgIpc) is 3.32. The van der Waals surface area contributed by atoms with Crippen molar-refractivity contribution in [3.63, 3.8) is 0 Å². The zero-order valence-electron chi connectivity index (χ0n) is 15.1. The smallest absolute Gasteiger partial charge is 0.251 e. The minimum atomic E-state index is -0.757. The van der Waals surface area contributed by atoms with Gasteiger partial charge in [0.05, 0.1) is 6.54 Å². The lowest BCUT2D eigenvalue weighted by atomic mass is 10.1. The van der Waals surface area contributed by atoms with E-state index in [0.717, 1.165) is 18.2 Å². The normalized spacial score (nSPS) is 16.3. The van der Waals surface area contributed by atoms with Crippen LogP contribution in [0.5, 0.6) is 0 Å². The Balaban J connectivity index is 1.41. The Labute approximate surface area is 164 Å². The van der Waals surface area contributed by atoms with Gasteiger partial charge in [0, 0.05) is 36.2 Å². The molecule has 2 amide bonds. The molecule has 1 aliphatic heterocycles. The van der Waals surface area contributed by atoms with Crippen LogP contribution >= 0.6 is 0 Å². The maximum absolute atomic E-state index is 13.5. The molecule has 1 atom stereocenters. The highest BCUT2D eigenvalue weighted by Gasteiger charge is 2.35. The molecule has 4 rings (SSSR count). The molecule has 7 nitrogen and oxygen atoms in total. The van der Waals surface area contributed by atoms with E-state index in [1.807, 2.05) is 6.07 Å². The number of carbonyl (C=O) groups is 2. The van der Waals surface area contributed by atoms with Gasteiger partial charge in [-0.15, -0.1) is 0 Å². The third-order valence-electron chi connectivity index (χ3n) is 4.57. The standard InChI is InChI=1S/C20H16F2N4O3/c21-14-7-15(22)9-16(8-14)26-11-13(6-18(26)27)19-24-17(29-25-19)10-23-20(28)12-4-2-1-3-5-12/h1-5,7-9,13H,6,10-11H2,(H,23,28). The molecule has 0 bridgehead atoms. The fourth-order valence-electron chi connectivity index (χ4n) is 3.18. The molecule has 9 heteroatoms. The quantitative estimate of drug-likeness (QED) is 0.714. The first-order valence-electron chi connectivity index (χ1n) is 8.92. The van der Waals surface area contributed by atoms with Crippen LogP contribution in [0.3, 0.4) is 0 Å². The number of carbonyl (C=O) groups excluding carboxylic acids is 2. The molecule has 1 aromatic heterocycles. The second kappa shape index (κ2) is 7.78. The molecule has 1 N–H and O–H groups in total. The number of rotatable bonds is 5. The zero-order valence-corrected chi connectivity index (χ0v) is 15.1. The SMILES string of the molecule is O=C(NCc1nc(C2CC(=O)N(c3cc(F)cc(F)c3)C2)no1)c1ccccc1. The van der Waals surface area contributed by atoms with Crippen LogP contribution in [-0.2, 0) is 11.3 Å². The Hall–Kier alpha value is -3.62. The van der Waals surface area contributed by atoms with Gasteiger partial charge in [-0.25, -0.2) is 8.78 Å². The van der Waals surface area contributed by atoms with Crippen molar-refractivity contribution in [1.29, 1.82) is 0 Å². The highest BCUT2D eigenvalue weighted by atomic mass is 19.1. The Morgan fingerprint density at radius 2 is 1.90 bits per heavy atom. The van der Waals surface area contributed by atoms with Crippen LogP contribution < -0.4 is 10.2 Å². The van der Waals surface area contributed by atoms with Gasteiger partial charge in [-0.05, 0) is 24.3 Å². The lowest BCUT2D eigenvalue weighted by molar-refractivity contribution is -0.117. The molecule has 0 saturated carbocycles. The van der Waals surface area contributed by atoms with Crippen molar-refractivity contribution < 1.29 is 22.9 Å². The third-order valence-corrected chi connectivity index (χ3v) is 4.57. The number of halogens is 2. The summed E-state index contributed by atoms with van der Waals surface area (Å²) < 4.78 is 32.1. The van der Waals surface area contributed by atoms with Crippen LogP contribution in [0.25, 0.3) is 0 Å². The summed E-state index contributed by atoms with van der Waals surface area (Å²) in [4.78, 5) is 29.9. The first-order valence-corrected chi connectivity index (χ1v) is 8.92. The Morgan fingerprint density at radius 1 is 1.17 bits per heavy atom. The lowest BCUT2D eigenvalue weighted by Crippen LogP contribution is -2.24. The van der Waals surface area contributed by atoms with E-state index >= 15 is 0 Å². The Bertz CT molecular complexity index is 1030. The second-order valence-corrected chi connectivity index (χ2v) is 6.63. The second-order valence-electron chi connectivity index (χ2n) is 6.63. The van der Waals surface area contributed by atoms with E-state index in [9.17, 15) is 18.4 Å². The summed E-state index contributed by atoms with van der Waals surface area (Å²) in [7, 11) is 0. The van der Waals surface area contributed by atoms with E-state index in [2.05, 4.69) is 15.5 Å². The summed E-state index contributed by atoms with van der Waals surface area (Å²) in [5, 5.41) is 6.56. The van der Waals surface area contributed by atoms with Crippen molar-refractivity contribution >= 4 is 17.5 Å². The van der Waals surface area contributed by atoms with E-state index in [0.29, 0.717) is 11.4 Å². The third kappa shape index (κ3) is 4.13. The predicted octanol–water partition coefficient (Wildman–Crippen LogP) is 2.80. The predicted molar refractivity (Wildman–Crippen MR) is 98.0 cm³/mol. The maximum Gasteiger partial charge on any atom is 0.251 e. The van der Waals surface area contributed by atoms with Gasteiger partial charge in [0.15, 0.2) is 5.82 Å². The molecule has 2 heterocycles. The molecule has 29 heavy (non-hydrogen) atoms. The molecule has 1 aliphatic rings.